The maximum absolute atomic E-state index is 8.23. The van der Waals surface area contributed by atoms with Gasteiger partial charge in [0, 0.05) is 49.4 Å². The molecule has 1 aliphatic heterocycles. The fourth-order valence-electron chi connectivity index (χ4n) is 2.45. The average Bonchev–Trinajstić information content (AvgIpc) is 2.52. The molecule has 108 valence electrons. The van der Waals surface area contributed by atoms with Crippen LogP contribution in [-0.4, -0.2) is 51.3 Å². The molecule has 0 aromatic heterocycles. The van der Waals surface area contributed by atoms with Crippen LogP contribution >= 0.6 is 0 Å². The number of hydrogen-bond donors (Lipinski definition) is 0. The fourth-order valence-corrected chi connectivity index (χ4v) is 2.45. The Balaban J connectivity index is 1.79. The van der Waals surface area contributed by atoms with Gasteiger partial charge in [-0.3, -0.25) is 4.90 Å². The van der Waals surface area contributed by atoms with Gasteiger partial charge in [0.2, 0.25) is 0 Å². The van der Waals surface area contributed by atoms with Gasteiger partial charge in [-0.15, -0.1) is 0 Å². The highest BCUT2D eigenvalue weighted by Crippen LogP contribution is 2.22. The molecule has 0 radical (unpaired) electrons. The van der Waals surface area contributed by atoms with Crippen LogP contribution in [0.25, 0.3) is 10.4 Å². The van der Waals surface area contributed by atoms with E-state index in [1.165, 1.54) is 5.69 Å². The minimum atomic E-state index is 0.590. The van der Waals surface area contributed by atoms with E-state index in [0.29, 0.717) is 6.54 Å². The summed E-state index contributed by atoms with van der Waals surface area (Å²) < 4.78 is 5.27. The number of piperazine rings is 1. The Morgan fingerprint density at radius 1 is 1.30 bits per heavy atom. The molecule has 1 aliphatic rings. The monoisotopic (exact) mass is 275 g/mol. The van der Waals surface area contributed by atoms with Gasteiger partial charge in [0.05, 0.1) is 7.11 Å². The molecule has 1 heterocycles. The summed E-state index contributed by atoms with van der Waals surface area (Å²) >= 11 is 0. The van der Waals surface area contributed by atoms with E-state index in [4.69, 9.17) is 10.3 Å². The lowest BCUT2D eigenvalue weighted by atomic mass is 10.2. The summed E-state index contributed by atoms with van der Waals surface area (Å²) in [6, 6.07) is 8.20. The molecule has 0 bridgehead atoms. The molecule has 2 rings (SSSR count). The van der Waals surface area contributed by atoms with Gasteiger partial charge in [-0.2, -0.15) is 0 Å². The first kappa shape index (κ1) is 14.5. The third kappa shape index (κ3) is 4.05. The number of nitrogens with zero attached hydrogens (tertiary/aromatic N) is 5. The quantitative estimate of drug-likeness (QED) is 0.347. The number of benzene rings is 1. The van der Waals surface area contributed by atoms with Gasteiger partial charge in [0.15, 0.2) is 0 Å². The standard InChI is InChI=1S/C14H21N5O/c1-20-14-5-2-4-13(12-14)19-10-8-18(9-11-19)7-3-6-16-17-15/h2,4-5,12H,3,6-11H2,1H3. The molecule has 0 spiro atoms. The van der Waals surface area contributed by atoms with Crippen LogP contribution in [0.3, 0.4) is 0 Å². The first-order valence-electron chi connectivity index (χ1n) is 6.95. The lowest BCUT2D eigenvalue weighted by Gasteiger charge is -2.36. The molecule has 0 unspecified atom stereocenters. The number of methoxy groups -OCH3 is 1. The van der Waals surface area contributed by atoms with Crippen molar-refractivity contribution >= 4 is 5.69 Å². The Morgan fingerprint density at radius 2 is 2.10 bits per heavy atom. The Morgan fingerprint density at radius 3 is 2.80 bits per heavy atom. The Labute approximate surface area is 119 Å². The zero-order valence-electron chi connectivity index (χ0n) is 11.9. The number of anilines is 1. The molecule has 0 atom stereocenters. The highest BCUT2D eigenvalue weighted by Gasteiger charge is 2.16. The van der Waals surface area contributed by atoms with Gasteiger partial charge < -0.3 is 9.64 Å². The van der Waals surface area contributed by atoms with Crippen molar-refractivity contribution < 1.29 is 4.74 Å². The second kappa shape index (κ2) is 7.62. The van der Waals surface area contributed by atoms with Crippen LogP contribution in [0.15, 0.2) is 29.4 Å². The second-order valence-electron chi connectivity index (χ2n) is 4.84. The summed E-state index contributed by atoms with van der Waals surface area (Å²) in [7, 11) is 1.70. The molecule has 0 amide bonds. The molecule has 1 aromatic rings. The van der Waals surface area contributed by atoms with Crippen LogP contribution in [0.4, 0.5) is 5.69 Å². The predicted molar refractivity (Wildman–Crippen MR) is 80.3 cm³/mol. The van der Waals surface area contributed by atoms with E-state index < -0.39 is 0 Å². The number of rotatable bonds is 6. The Bertz CT molecular complexity index is 464. The Hall–Kier alpha value is -1.91. The zero-order chi connectivity index (χ0) is 14.2. The molecular formula is C14H21N5O. The molecule has 0 saturated carbocycles. The van der Waals surface area contributed by atoms with E-state index in [1.807, 2.05) is 12.1 Å². The van der Waals surface area contributed by atoms with Crippen molar-refractivity contribution in [3.05, 3.63) is 34.7 Å². The maximum Gasteiger partial charge on any atom is 0.120 e. The summed E-state index contributed by atoms with van der Waals surface area (Å²) in [6.07, 6.45) is 0.934. The van der Waals surface area contributed by atoms with Crippen LogP contribution in [0.5, 0.6) is 5.75 Å². The topological polar surface area (TPSA) is 64.5 Å². The molecule has 0 aliphatic carbocycles. The van der Waals surface area contributed by atoms with E-state index in [2.05, 4.69) is 32.0 Å². The summed E-state index contributed by atoms with van der Waals surface area (Å²) in [5.41, 5.74) is 9.46. The van der Waals surface area contributed by atoms with Crippen LogP contribution in [0.1, 0.15) is 6.42 Å². The van der Waals surface area contributed by atoms with Crippen molar-refractivity contribution in [1.82, 2.24) is 4.90 Å². The summed E-state index contributed by atoms with van der Waals surface area (Å²) in [5, 5.41) is 3.57. The van der Waals surface area contributed by atoms with Crippen molar-refractivity contribution in [1.29, 1.82) is 0 Å². The maximum atomic E-state index is 8.23. The molecule has 1 aromatic carbocycles. The van der Waals surface area contributed by atoms with E-state index in [9.17, 15) is 0 Å². The van der Waals surface area contributed by atoms with E-state index in [1.54, 1.807) is 7.11 Å². The van der Waals surface area contributed by atoms with Gasteiger partial charge in [-0.1, -0.05) is 11.2 Å². The minimum absolute atomic E-state index is 0.590. The molecule has 20 heavy (non-hydrogen) atoms. The Kier molecular flexibility index (Phi) is 5.53. The predicted octanol–water partition coefficient (Wildman–Crippen LogP) is 2.52. The van der Waals surface area contributed by atoms with Gasteiger partial charge in [0.1, 0.15) is 5.75 Å². The molecule has 6 nitrogen and oxygen atoms in total. The van der Waals surface area contributed by atoms with Crippen molar-refractivity contribution in [3.8, 4) is 5.75 Å². The van der Waals surface area contributed by atoms with Crippen molar-refractivity contribution in [2.75, 3.05) is 51.3 Å². The summed E-state index contributed by atoms with van der Waals surface area (Å²) in [6.45, 7) is 5.74. The van der Waals surface area contributed by atoms with Crippen molar-refractivity contribution in [2.45, 2.75) is 6.42 Å². The zero-order valence-corrected chi connectivity index (χ0v) is 11.9. The molecule has 0 N–H and O–H groups in total. The lowest BCUT2D eigenvalue weighted by Crippen LogP contribution is -2.46. The van der Waals surface area contributed by atoms with Gasteiger partial charge in [-0.25, -0.2) is 0 Å². The number of ether oxygens (including phenoxy) is 1. The van der Waals surface area contributed by atoms with E-state index in [0.717, 1.165) is 44.9 Å². The van der Waals surface area contributed by atoms with Gasteiger partial charge >= 0.3 is 0 Å². The first-order chi connectivity index (χ1) is 9.83. The largest absolute Gasteiger partial charge is 0.497 e. The highest BCUT2D eigenvalue weighted by atomic mass is 16.5. The first-order valence-corrected chi connectivity index (χ1v) is 6.95. The average molecular weight is 275 g/mol. The third-order valence-electron chi connectivity index (χ3n) is 3.59. The van der Waals surface area contributed by atoms with Crippen LogP contribution in [0.2, 0.25) is 0 Å². The normalized spacial score (nSPS) is 15.8. The van der Waals surface area contributed by atoms with Crippen molar-refractivity contribution in [2.24, 2.45) is 5.11 Å². The fraction of sp³-hybridized carbons (Fsp3) is 0.571. The van der Waals surface area contributed by atoms with Crippen LogP contribution < -0.4 is 9.64 Å². The smallest absolute Gasteiger partial charge is 0.120 e. The molecule has 1 fully saturated rings. The molecular weight excluding hydrogens is 254 g/mol. The summed E-state index contributed by atoms with van der Waals surface area (Å²) in [4.78, 5) is 7.57. The second-order valence-corrected chi connectivity index (χ2v) is 4.84. The third-order valence-corrected chi connectivity index (χ3v) is 3.59. The van der Waals surface area contributed by atoms with E-state index >= 15 is 0 Å². The summed E-state index contributed by atoms with van der Waals surface area (Å²) in [5.74, 6) is 0.902. The van der Waals surface area contributed by atoms with Crippen molar-refractivity contribution in [3.63, 3.8) is 0 Å². The lowest BCUT2D eigenvalue weighted by molar-refractivity contribution is 0.256. The SMILES string of the molecule is COc1cccc(N2CCN(CCCN=[N+]=[N-])CC2)c1. The van der Waals surface area contributed by atoms with Crippen LogP contribution in [-0.2, 0) is 0 Å². The number of hydrogen-bond acceptors (Lipinski definition) is 4. The van der Waals surface area contributed by atoms with Gasteiger partial charge in [-0.05, 0) is 30.6 Å². The minimum Gasteiger partial charge on any atom is -0.497 e. The number of azide groups is 1. The molecule has 6 heteroatoms. The highest BCUT2D eigenvalue weighted by molar-refractivity contribution is 5.51. The molecule has 1 saturated heterocycles. The van der Waals surface area contributed by atoms with Gasteiger partial charge in [0.25, 0.3) is 0 Å². The van der Waals surface area contributed by atoms with E-state index in [-0.39, 0.29) is 0 Å². The van der Waals surface area contributed by atoms with Crippen LogP contribution in [0, 0.1) is 0 Å².